The van der Waals surface area contributed by atoms with E-state index in [1.165, 1.54) is 0 Å². The number of fused-ring (bicyclic) bond motifs is 1. The Morgan fingerprint density at radius 3 is 2.71 bits per heavy atom. The first kappa shape index (κ1) is 22.0. The lowest BCUT2D eigenvalue weighted by Crippen LogP contribution is -2.24. The van der Waals surface area contributed by atoms with Crippen molar-refractivity contribution in [2.75, 3.05) is 25.2 Å². The van der Waals surface area contributed by atoms with Gasteiger partial charge in [-0.05, 0) is 49.2 Å². The Morgan fingerprint density at radius 2 is 1.85 bits per heavy atom. The molecule has 1 amide bonds. The lowest BCUT2D eigenvalue weighted by Gasteiger charge is -2.18. The van der Waals surface area contributed by atoms with Gasteiger partial charge in [0, 0.05) is 37.2 Å². The van der Waals surface area contributed by atoms with E-state index in [9.17, 15) is 4.79 Å². The standard InChI is InChI=1S/C28H29N3O3/c1-20-9-3-6-14-26(20)34-16-8-15-30-25-13-5-4-12-24(25)29-28(30)21-17-27(32)31(19-21)22-10-7-11-23(18-22)33-2/h3-7,9-14,18,21H,8,15-17,19H2,1-2H3/t21-/m1/s1. The molecular formula is C28H29N3O3. The number of benzene rings is 3. The van der Waals surface area contributed by atoms with Crippen LogP contribution in [0, 0.1) is 6.92 Å². The minimum Gasteiger partial charge on any atom is -0.497 e. The average molecular weight is 456 g/mol. The van der Waals surface area contributed by atoms with E-state index >= 15 is 0 Å². The van der Waals surface area contributed by atoms with Gasteiger partial charge < -0.3 is 18.9 Å². The van der Waals surface area contributed by atoms with Crippen LogP contribution in [-0.4, -0.2) is 35.7 Å². The van der Waals surface area contributed by atoms with Crippen molar-refractivity contribution in [3.63, 3.8) is 0 Å². The van der Waals surface area contributed by atoms with Gasteiger partial charge in [0.15, 0.2) is 0 Å². The lowest BCUT2D eigenvalue weighted by molar-refractivity contribution is -0.117. The number of amides is 1. The Bertz CT molecular complexity index is 1310. The number of rotatable bonds is 8. The van der Waals surface area contributed by atoms with Crippen molar-refractivity contribution in [3.8, 4) is 11.5 Å². The van der Waals surface area contributed by atoms with Crippen LogP contribution in [0.25, 0.3) is 11.0 Å². The number of hydrogen-bond donors (Lipinski definition) is 0. The number of carbonyl (C=O) groups excluding carboxylic acids is 1. The Labute approximate surface area is 199 Å². The summed E-state index contributed by atoms with van der Waals surface area (Å²) in [6, 6.07) is 23.9. The molecule has 0 bridgehead atoms. The number of aromatic nitrogens is 2. The average Bonchev–Trinajstić information content (AvgIpc) is 3.43. The van der Waals surface area contributed by atoms with Crippen LogP contribution in [0.2, 0.25) is 0 Å². The summed E-state index contributed by atoms with van der Waals surface area (Å²) in [5.41, 5.74) is 4.06. The molecule has 6 nitrogen and oxygen atoms in total. The van der Waals surface area contributed by atoms with Crippen molar-refractivity contribution < 1.29 is 14.3 Å². The molecule has 0 spiro atoms. The number of para-hydroxylation sites is 3. The minimum absolute atomic E-state index is 0.0309. The summed E-state index contributed by atoms with van der Waals surface area (Å²) in [4.78, 5) is 19.8. The third-order valence-corrected chi connectivity index (χ3v) is 6.42. The van der Waals surface area contributed by atoms with Crippen molar-refractivity contribution in [2.24, 2.45) is 0 Å². The second kappa shape index (κ2) is 9.59. The summed E-state index contributed by atoms with van der Waals surface area (Å²) in [7, 11) is 1.64. The predicted molar refractivity (Wildman–Crippen MR) is 134 cm³/mol. The molecule has 0 radical (unpaired) electrons. The zero-order chi connectivity index (χ0) is 23.5. The highest BCUT2D eigenvalue weighted by Crippen LogP contribution is 2.34. The molecule has 0 unspecified atom stereocenters. The highest BCUT2D eigenvalue weighted by atomic mass is 16.5. The molecule has 1 fully saturated rings. The summed E-state index contributed by atoms with van der Waals surface area (Å²) in [6.45, 7) is 4.07. The van der Waals surface area contributed by atoms with Gasteiger partial charge in [0.05, 0.1) is 24.8 Å². The van der Waals surface area contributed by atoms with Crippen molar-refractivity contribution in [2.45, 2.75) is 32.2 Å². The van der Waals surface area contributed by atoms with E-state index in [0.29, 0.717) is 19.6 Å². The minimum atomic E-state index is 0.0309. The predicted octanol–water partition coefficient (Wildman–Crippen LogP) is 5.34. The summed E-state index contributed by atoms with van der Waals surface area (Å²) < 4.78 is 13.6. The van der Waals surface area contributed by atoms with Crippen LogP contribution < -0.4 is 14.4 Å². The highest BCUT2D eigenvalue weighted by molar-refractivity contribution is 5.96. The number of ether oxygens (including phenoxy) is 2. The van der Waals surface area contributed by atoms with Crippen LogP contribution in [0.4, 0.5) is 5.69 Å². The maximum atomic E-state index is 13.0. The number of hydrogen-bond acceptors (Lipinski definition) is 4. The van der Waals surface area contributed by atoms with Crippen LogP contribution in [0.1, 0.15) is 30.1 Å². The molecule has 5 rings (SSSR count). The summed E-state index contributed by atoms with van der Waals surface area (Å²) in [6.07, 6.45) is 1.29. The molecule has 4 aromatic rings. The van der Waals surface area contributed by atoms with Gasteiger partial charge in [-0.3, -0.25) is 4.79 Å². The molecule has 2 heterocycles. The monoisotopic (exact) mass is 455 g/mol. The van der Waals surface area contributed by atoms with Gasteiger partial charge in [-0.2, -0.15) is 0 Å². The molecule has 0 N–H and O–H groups in total. The third-order valence-electron chi connectivity index (χ3n) is 6.42. The fourth-order valence-electron chi connectivity index (χ4n) is 4.67. The van der Waals surface area contributed by atoms with E-state index in [4.69, 9.17) is 14.5 Å². The summed E-state index contributed by atoms with van der Waals surface area (Å²) in [5.74, 6) is 2.78. The fraction of sp³-hybridized carbons (Fsp3) is 0.286. The molecule has 1 aliphatic heterocycles. The van der Waals surface area contributed by atoms with E-state index in [2.05, 4.69) is 23.6 Å². The van der Waals surface area contributed by atoms with E-state index in [1.54, 1.807) is 7.11 Å². The van der Waals surface area contributed by atoms with Crippen LogP contribution in [-0.2, 0) is 11.3 Å². The summed E-state index contributed by atoms with van der Waals surface area (Å²) in [5, 5.41) is 0. The van der Waals surface area contributed by atoms with Gasteiger partial charge in [0.2, 0.25) is 5.91 Å². The molecule has 6 heteroatoms. The van der Waals surface area contributed by atoms with Crippen molar-refractivity contribution in [3.05, 3.63) is 84.2 Å². The molecule has 1 aromatic heterocycles. The van der Waals surface area contributed by atoms with Gasteiger partial charge >= 0.3 is 0 Å². The number of methoxy groups -OCH3 is 1. The van der Waals surface area contributed by atoms with Crippen molar-refractivity contribution >= 4 is 22.6 Å². The van der Waals surface area contributed by atoms with E-state index in [1.807, 2.05) is 65.6 Å². The maximum Gasteiger partial charge on any atom is 0.227 e. The topological polar surface area (TPSA) is 56.6 Å². The number of anilines is 1. The second-order valence-corrected chi connectivity index (χ2v) is 8.68. The van der Waals surface area contributed by atoms with E-state index in [-0.39, 0.29) is 11.8 Å². The molecule has 3 aromatic carbocycles. The fourth-order valence-corrected chi connectivity index (χ4v) is 4.67. The van der Waals surface area contributed by atoms with Crippen LogP contribution in [0.5, 0.6) is 11.5 Å². The lowest BCUT2D eigenvalue weighted by atomic mass is 10.1. The highest BCUT2D eigenvalue weighted by Gasteiger charge is 2.35. The van der Waals surface area contributed by atoms with Crippen LogP contribution >= 0.6 is 0 Å². The molecule has 34 heavy (non-hydrogen) atoms. The normalized spacial score (nSPS) is 15.8. The number of imidazole rings is 1. The second-order valence-electron chi connectivity index (χ2n) is 8.68. The summed E-state index contributed by atoms with van der Waals surface area (Å²) >= 11 is 0. The largest absolute Gasteiger partial charge is 0.497 e. The van der Waals surface area contributed by atoms with Crippen molar-refractivity contribution in [1.82, 2.24) is 9.55 Å². The zero-order valence-electron chi connectivity index (χ0n) is 19.6. The zero-order valence-corrected chi connectivity index (χ0v) is 19.6. The van der Waals surface area contributed by atoms with Gasteiger partial charge in [-0.25, -0.2) is 4.98 Å². The third kappa shape index (κ3) is 4.36. The number of nitrogens with zero attached hydrogens (tertiary/aromatic N) is 3. The molecule has 0 aliphatic carbocycles. The molecule has 1 aliphatic rings. The molecule has 1 atom stereocenters. The van der Waals surface area contributed by atoms with Gasteiger partial charge in [-0.15, -0.1) is 0 Å². The Balaban J connectivity index is 1.35. The van der Waals surface area contributed by atoms with Crippen LogP contribution in [0.3, 0.4) is 0 Å². The van der Waals surface area contributed by atoms with Gasteiger partial charge in [0.25, 0.3) is 0 Å². The first-order chi connectivity index (χ1) is 16.6. The smallest absolute Gasteiger partial charge is 0.227 e. The maximum absolute atomic E-state index is 13.0. The van der Waals surface area contributed by atoms with Crippen LogP contribution in [0.15, 0.2) is 72.8 Å². The van der Waals surface area contributed by atoms with Gasteiger partial charge in [0.1, 0.15) is 17.3 Å². The molecule has 1 saturated heterocycles. The molecule has 0 saturated carbocycles. The number of carbonyl (C=O) groups is 1. The number of aryl methyl sites for hydroxylation is 2. The first-order valence-corrected chi connectivity index (χ1v) is 11.7. The Kier molecular flexibility index (Phi) is 6.21. The van der Waals surface area contributed by atoms with E-state index < -0.39 is 0 Å². The molecule has 174 valence electrons. The van der Waals surface area contributed by atoms with E-state index in [0.717, 1.165) is 52.6 Å². The Hall–Kier alpha value is -3.80. The van der Waals surface area contributed by atoms with Gasteiger partial charge in [-0.1, -0.05) is 36.4 Å². The quantitative estimate of drug-likeness (QED) is 0.337. The Morgan fingerprint density at radius 1 is 1.03 bits per heavy atom. The van der Waals surface area contributed by atoms with Crippen molar-refractivity contribution in [1.29, 1.82) is 0 Å². The first-order valence-electron chi connectivity index (χ1n) is 11.7. The SMILES string of the molecule is COc1cccc(N2C[C@H](c3nc4ccccc4n3CCCOc3ccccc3C)CC2=O)c1. The molecular weight excluding hydrogens is 426 g/mol.